The lowest BCUT2D eigenvalue weighted by molar-refractivity contribution is 1.06. The Hall–Kier alpha value is 0.140. The van der Waals surface area contributed by atoms with Crippen molar-refractivity contribution in [2.24, 2.45) is 0 Å². The number of thiocyanates is 1. The number of rotatable bonds is 3. The smallest absolute Gasteiger partial charge is 0.168 e. The van der Waals surface area contributed by atoms with Crippen molar-refractivity contribution >= 4 is 58.3 Å². The number of nitriles is 1. The fraction of sp³-hybridized carbons (Fsp3) is 0.167. The van der Waals surface area contributed by atoms with E-state index in [-0.39, 0.29) is 15.5 Å². The Morgan fingerprint density at radius 1 is 1.14 bits per heavy atom. The van der Waals surface area contributed by atoms with Crippen LogP contribution in [0.4, 0.5) is 0 Å². The maximum absolute atomic E-state index is 8.30. The summed E-state index contributed by atoms with van der Waals surface area (Å²) in [5.74, 6) is 0. The Balaban J connectivity index is 2.78. The van der Waals surface area contributed by atoms with Gasteiger partial charge in [0.2, 0.25) is 0 Å². The van der Waals surface area contributed by atoms with E-state index in [0.717, 1.165) is 11.8 Å². The Morgan fingerprint density at radius 3 is 2.43 bits per heavy atom. The number of thioether (sulfide) groups is 2. The van der Waals surface area contributed by atoms with Crippen LogP contribution in [0, 0.1) is 10.7 Å². The second kappa shape index (κ2) is 5.89. The molecule has 14 heavy (non-hydrogen) atoms. The van der Waals surface area contributed by atoms with Crippen LogP contribution in [0.15, 0.2) is 5.03 Å². The Kier molecular flexibility index (Phi) is 5.13. The van der Waals surface area contributed by atoms with Crippen molar-refractivity contribution in [3.8, 4) is 5.40 Å². The van der Waals surface area contributed by atoms with Gasteiger partial charge in [0.05, 0.1) is 5.08 Å². The molecule has 8 heteroatoms. The monoisotopic (exact) mass is 285 g/mol. The molecule has 0 bridgehead atoms. The van der Waals surface area contributed by atoms with Crippen molar-refractivity contribution in [2.45, 2.75) is 5.03 Å². The van der Waals surface area contributed by atoms with Crippen molar-refractivity contribution in [1.29, 1.82) is 5.26 Å². The van der Waals surface area contributed by atoms with Gasteiger partial charge in [-0.05, 0) is 11.8 Å². The predicted molar refractivity (Wildman–Crippen MR) is 61.0 cm³/mol. The van der Waals surface area contributed by atoms with Gasteiger partial charge in [-0.15, -0.1) is 0 Å². The number of hydrogen-bond donors (Lipinski definition) is 0. The molecule has 0 fully saturated rings. The summed E-state index contributed by atoms with van der Waals surface area (Å²) in [4.78, 5) is 7.70. The highest BCUT2D eigenvalue weighted by atomic mass is 35.5. The van der Waals surface area contributed by atoms with Gasteiger partial charge in [-0.25, -0.2) is 9.97 Å². The number of hydrogen-bond acceptors (Lipinski definition) is 5. The molecule has 3 nitrogen and oxygen atoms in total. The van der Waals surface area contributed by atoms with Gasteiger partial charge in [-0.1, -0.05) is 46.6 Å². The van der Waals surface area contributed by atoms with Crippen LogP contribution in [0.2, 0.25) is 15.5 Å². The number of nitrogens with zero attached hydrogens (tertiary/aromatic N) is 3. The van der Waals surface area contributed by atoms with Gasteiger partial charge >= 0.3 is 0 Å². The fourth-order valence-corrected chi connectivity index (χ4v) is 2.42. The summed E-state index contributed by atoms with van der Waals surface area (Å²) in [5, 5.41) is 11.6. The van der Waals surface area contributed by atoms with Crippen LogP contribution in [0.5, 0.6) is 0 Å². The van der Waals surface area contributed by atoms with E-state index in [0.29, 0.717) is 10.1 Å². The van der Waals surface area contributed by atoms with Crippen LogP contribution >= 0.6 is 58.3 Å². The largest absolute Gasteiger partial charge is 0.223 e. The minimum Gasteiger partial charge on any atom is -0.223 e. The SMILES string of the molecule is N#CSCSc1nc(Cl)c(Cl)nc1Cl. The third-order valence-electron chi connectivity index (χ3n) is 1.06. The van der Waals surface area contributed by atoms with Crippen LogP contribution in [-0.4, -0.2) is 15.1 Å². The summed E-state index contributed by atoms with van der Waals surface area (Å²) in [6.45, 7) is 0. The summed E-state index contributed by atoms with van der Waals surface area (Å²) in [7, 11) is 0. The number of aromatic nitrogens is 2. The normalized spacial score (nSPS) is 9.86. The molecule has 1 rings (SSSR count). The molecule has 1 aromatic rings. The third-order valence-corrected chi connectivity index (χ3v) is 3.69. The zero-order valence-electron chi connectivity index (χ0n) is 6.50. The van der Waals surface area contributed by atoms with Crippen LogP contribution in [-0.2, 0) is 0 Å². The van der Waals surface area contributed by atoms with Gasteiger partial charge in [-0.2, -0.15) is 5.26 Å². The van der Waals surface area contributed by atoms with Crippen LogP contribution in [0.25, 0.3) is 0 Å². The van der Waals surface area contributed by atoms with Gasteiger partial charge in [-0.3, -0.25) is 0 Å². The standard InChI is InChI=1S/C6H2Cl3N3S2/c7-3-4(8)12-6(5(9)11-3)14-2-13-1-10/h2H2. The molecule has 0 radical (unpaired) electrons. The summed E-state index contributed by atoms with van der Waals surface area (Å²) in [6.07, 6.45) is 0. The highest BCUT2D eigenvalue weighted by Crippen LogP contribution is 2.30. The van der Waals surface area contributed by atoms with Gasteiger partial charge in [0, 0.05) is 0 Å². The zero-order chi connectivity index (χ0) is 10.6. The average molecular weight is 287 g/mol. The Morgan fingerprint density at radius 2 is 1.79 bits per heavy atom. The van der Waals surface area contributed by atoms with E-state index in [2.05, 4.69) is 9.97 Å². The molecule has 0 unspecified atom stereocenters. The van der Waals surface area contributed by atoms with Gasteiger partial charge < -0.3 is 0 Å². The van der Waals surface area contributed by atoms with Crippen molar-refractivity contribution in [3.05, 3.63) is 15.5 Å². The van der Waals surface area contributed by atoms with Gasteiger partial charge in [0.15, 0.2) is 15.5 Å². The van der Waals surface area contributed by atoms with E-state index in [1.165, 1.54) is 11.8 Å². The van der Waals surface area contributed by atoms with E-state index < -0.39 is 0 Å². The molecule has 0 aliphatic rings. The first-order chi connectivity index (χ1) is 6.65. The van der Waals surface area contributed by atoms with E-state index >= 15 is 0 Å². The molecule has 0 N–H and O–H groups in total. The molecule has 0 aliphatic carbocycles. The highest BCUT2D eigenvalue weighted by molar-refractivity contribution is 8.18. The molecular formula is C6H2Cl3N3S2. The van der Waals surface area contributed by atoms with Gasteiger partial charge in [0.25, 0.3) is 0 Å². The first-order valence-electron chi connectivity index (χ1n) is 3.17. The number of halogens is 3. The molecule has 0 atom stereocenters. The lowest BCUT2D eigenvalue weighted by atomic mass is 10.7. The fourth-order valence-electron chi connectivity index (χ4n) is 0.565. The lowest BCUT2D eigenvalue weighted by Gasteiger charge is -2.01. The topological polar surface area (TPSA) is 49.6 Å². The molecular weight excluding hydrogens is 285 g/mol. The molecule has 0 amide bonds. The summed E-state index contributed by atoms with van der Waals surface area (Å²) >= 11 is 19.4. The summed E-state index contributed by atoms with van der Waals surface area (Å²) < 4.78 is 0. The van der Waals surface area contributed by atoms with E-state index in [1.807, 2.05) is 5.40 Å². The minimum atomic E-state index is 0.0777. The molecule has 1 aromatic heterocycles. The third kappa shape index (κ3) is 3.37. The summed E-state index contributed by atoms with van der Waals surface area (Å²) in [6, 6.07) is 0. The van der Waals surface area contributed by atoms with Crippen molar-refractivity contribution in [2.75, 3.05) is 5.08 Å². The molecule has 1 heterocycles. The summed E-state index contributed by atoms with van der Waals surface area (Å²) in [5.41, 5.74) is 0. The molecule has 0 aromatic carbocycles. The highest BCUT2D eigenvalue weighted by Gasteiger charge is 2.09. The molecule has 74 valence electrons. The maximum Gasteiger partial charge on any atom is 0.168 e. The molecule has 0 saturated carbocycles. The first kappa shape index (κ1) is 12.2. The Bertz CT molecular complexity index is 379. The molecule has 0 spiro atoms. The van der Waals surface area contributed by atoms with Gasteiger partial charge in [0.1, 0.15) is 10.4 Å². The first-order valence-corrected chi connectivity index (χ1v) is 6.28. The van der Waals surface area contributed by atoms with Crippen LogP contribution in [0.3, 0.4) is 0 Å². The molecule has 0 aliphatic heterocycles. The van der Waals surface area contributed by atoms with Crippen molar-refractivity contribution in [3.63, 3.8) is 0 Å². The lowest BCUT2D eigenvalue weighted by Crippen LogP contribution is -1.89. The van der Waals surface area contributed by atoms with E-state index in [9.17, 15) is 0 Å². The quantitative estimate of drug-likeness (QED) is 0.367. The van der Waals surface area contributed by atoms with Crippen LogP contribution < -0.4 is 0 Å². The van der Waals surface area contributed by atoms with Crippen LogP contribution in [0.1, 0.15) is 0 Å². The zero-order valence-corrected chi connectivity index (χ0v) is 10.4. The maximum atomic E-state index is 8.30. The van der Waals surface area contributed by atoms with Crippen molar-refractivity contribution < 1.29 is 0 Å². The Labute approximate surface area is 104 Å². The van der Waals surface area contributed by atoms with Crippen molar-refractivity contribution in [1.82, 2.24) is 9.97 Å². The van der Waals surface area contributed by atoms with E-state index in [1.54, 1.807) is 0 Å². The second-order valence-electron chi connectivity index (χ2n) is 1.90. The van der Waals surface area contributed by atoms with E-state index in [4.69, 9.17) is 40.1 Å². The molecule has 0 saturated heterocycles. The second-order valence-corrected chi connectivity index (χ2v) is 5.06. The average Bonchev–Trinajstić information content (AvgIpc) is 2.14. The minimum absolute atomic E-state index is 0.0777. The predicted octanol–water partition coefficient (Wildman–Crippen LogP) is 3.70.